The van der Waals surface area contributed by atoms with E-state index in [9.17, 15) is 4.39 Å². The van der Waals surface area contributed by atoms with Gasteiger partial charge in [-0.1, -0.05) is 26.8 Å². The van der Waals surface area contributed by atoms with Gasteiger partial charge in [0.1, 0.15) is 5.82 Å². The van der Waals surface area contributed by atoms with Gasteiger partial charge in [-0.25, -0.2) is 4.39 Å². The molecule has 0 saturated heterocycles. The summed E-state index contributed by atoms with van der Waals surface area (Å²) < 4.78 is 12.9. The van der Waals surface area contributed by atoms with Crippen molar-refractivity contribution in [3.05, 3.63) is 35.1 Å². The lowest BCUT2D eigenvalue weighted by Crippen LogP contribution is -2.26. The second-order valence-corrected chi connectivity index (χ2v) is 6.68. The number of rotatable bonds is 5. The van der Waals surface area contributed by atoms with Gasteiger partial charge in [-0.05, 0) is 42.0 Å². The van der Waals surface area contributed by atoms with Gasteiger partial charge in [0.2, 0.25) is 0 Å². The van der Waals surface area contributed by atoms with E-state index < -0.39 is 0 Å². The minimum Gasteiger partial charge on any atom is -0.311 e. The highest BCUT2D eigenvalue weighted by Gasteiger charge is 2.16. The monoisotopic (exact) mass is 271 g/mol. The maximum Gasteiger partial charge on any atom is 0.123 e. The fourth-order valence-electron chi connectivity index (χ4n) is 1.96. The molecule has 1 aromatic carbocycles. The zero-order valence-corrected chi connectivity index (χ0v) is 12.4. The Morgan fingerprint density at radius 3 is 2.56 bits per heavy atom. The van der Waals surface area contributed by atoms with Gasteiger partial charge in [0.15, 0.2) is 0 Å². The predicted octanol–water partition coefficient (Wildman–Crippen LogP) is 4.27. The Kier molecular flexibility index (Phi) is 5.61. The molecule has 1 aromatic rings. The summed E-state index contributed by atoms with van der Waals surface area (Å²) in [5.74, 6) is -0.181. The molecule has 0 saturated carbocycles. The fraction of sp³-hybridized carbons (Fsp3) is 0.600. The Balaban J connectivity index is 2.37. The summed E-state index contributed by atoms with van der Waals surface area (Å²) in [6.07, 6.45) is 0.976. The van der Waals surface area contributed by atoms with E-state index in [4.69, 9.17) is 11.6 Å². The highest BCUT2D eigenvalue weighted by atomic mass is 35.5. The van der Waals surface area contributed by atoms with Crippen LogP contribution in [0, 0.1) is 18.2 Å². The average Bonchev–Trinajstić information content (AvgIpc) is 2.18. The van der Waals surface area contributed by atoms with Crippen LogP contribution >= 0.6 is 11.6 Å². The van der Waals surface area contributed by atoms with Gasteiger partial charge in [0.25, 0.3) is 0 Å². The van der Waals surface area contributed by atoms with Crippen molar-refractivity contribution in [2.75, 3.05) is 6.54 Å². The van der Waals surface area contributed by atoms with Crippen LogP contribution in [0.2, 0.25) is 0 Å². The van der Waals surface area contributed by atoms with Crippen molar-refractivity contribution in [3.63, 3.8) is 0 Å². The molecule has 0 aromatic heterocycles. The molecule has 0 aliphatic carbocycles. The molecule has 1 unspecified atom stereocenters. The van der Waals surface area contributed by atoms with Crippen molar-refractivity contribution in [3.8, 4) is 0 Å². The van der Waals surface area contributed by atoms with Crippen LogP contribution in [0.25, 0.3) is 0 Å². The summed E-state index contributed by atoms with van der Waals surface area (Å²) in [7, 11) is 0. The van der Waals surface area contributed by atoms with Crippen molar-refractivity contribution in [1.29, 1.82) is 0 Å². The summed E-state index contributed by atoms with van der Waals surface area (Å²) in [5, 5.41) is 3.46. The Morgan fingerprint density at radius 2 is 2.00 bits per heavy atom. The molecule has 102 valence electrons. The largest absolute Gasteiger partial charge is 0.311 e. The molecular formula is C15H23ClFN. The number of aryl methyl sites for hydroxylation is 1. The molecule has 0 aliphatic rings. The van der Waals surface area contributed by atoms with E-state index in [2.05, 4.69) is 26.1 Å². The highest BCUT2D eigenvalue weighted by molar-refractivity contribution is 6.20. The van der Waals surface area contributed by atoms with Crippen molar-refractivity contribution < 1.29 is 4.39 Å². The molecule has 1 nitrogen and oxygen atoms in total. The summed E-state index contributed by atoms with van der Waals surface area (Å²) in [4.78, 5) is 0. The molecule has 0 spiro atoms. The first-order valence-electron chi connectivity index (χ1n) is 6.38. The van der Waals surface area contributed by atoms with E-state index in [1.54, 1.807) is 6.07 Å². The SMILES string of the molecule is Cc1cc(F)ccc1CNCC(Cl)CC(C)(C)C. The summed E-state index contributed by atoms with van der Waals surface area (Å²) in [6.45, 7) is 9.99. The summed E-state index contributed by atoms with van der Waals surface area (Å²) in [6, 6.07) is 4.88. The van der Waals surface area contributed by atoms with Gasteiger partial charge in [-0.2, -0.15) is 0 Å². The van der Waals surface area contributed by atoms with E-state index in [0.717, 1.165) is 30.6 Å². The zero-order valence-electron chi connectivity index (χ0n) is 11.7. The van der Waals surface area contributed by atoms with E-state index >= 15 is 0 Å². The standard InChI is InChI=1S/C15H23ClFN/c1-11-7-14(17)6-5-12(11)9-18-10-13(16)8-15(2,3)4/h5-7,13,18H,8-10H2,1-4H3. The Labute approximate surface area is 115 Å². The number of benzene rings is 1. The third kappa shape index (κ3) is 5.83. The predicted molar refractivity (Wildman–Crippen MR) is 76.6 cm³/mol. The fourth-order valence-corrected chi connectivity index (χ4v) is 2.53. The highest BCUT2D eigenvalue weighted by Crippen LogP contribution is 2.23. The molecule has 1 atom stereocenters. The number of hydrogen-bond acceptors (Lipinski definition) is 1. The molecule has 18 heavy (non-hydrogen) atoms. The van der Waals surface area contributed by atoms with E-state index in [1.807, 2.05) is 13.0 Å². The number of nitrogens with one attached hydrogen (secondary N) is 1. The van der Waals surface area contributed by atoms with Crippen LogP contribution in [-0.2, 0) is 6.54 Å². The van der Waals surface area contributed by atoms with Crippen molar-refractivity contribution >= 4 is 11.6 Å². The zero-order chi connectivity index (χ0) is 13.8. The van der Waals surface area contributed by atoms with Gasteiger partial charge < -0.3 is 5.32 Å². The molecule has 0 fully saturated rings. The van der Waals surface area contributed by atoms with Gasteiger partial charge in [-0.15, -0.1) is 11.6 Å². The van der Waals surface area contributed by atoms with Crippen molar-refractivity contribution in [1.82, 2.24) is 5.32 Å². The van der Waals surface area contributed by atoms with Gasteiger partial charge in [0.05, 0.1) is 0 Å². The van der Waals surface area contributed by atoms with E-state index in [1.165, 1.54) is 6.07 Å². The van der Waals surface area contributed by atoms with Gasteiger partial charge >= 0.3 is 0 Å². The average molecular weight is 272 g/mol. The number of alkyl halides is 1. The first-order chi connectivity index (χ1) is 8.28. The maximum atomic E-state index is 12.9. The molecular weight excluding hydrogens is 249 g/mol. The van der Waals surface area contributed by atoms with Crippen molar-refractivity contribution in [2.24, 2.45) is 5.41 Å². The summed E-state index contributed by atoms with van der Waals surface area (Å²) >= 11 is 6.27. The lowest BCUT2D eigenvalue weighted by molar-refractivity contribution is 0.364. The molecule has 0 amide bonds. The van der Waals surface area contributed by atoms with Crippen LogP contribution in [0.15, 0.2) is 18.2 Å². The molecule has 3 heteroatoms. The lowest BCUT2D eigenvalue weighted by Gasteiger charge is -2.22. The van der Waals surface area contributed by atoms with Crippen LogP contribution in [0.1, 0.15) is 38.3 Å². The van der Waals surface area contributed by atoms with Gasteiger partial charge in [-0.3, -0.25) is 0 Å². The second-order valence-electron chi connectivity index (χ2n) is 6.06. The first kappa shape index (κ1) is 15.5. The Bertz CT molecular complexity index is 385. The minimum absolute atomic E-state index is 0.130. The van der Waals surface area contributed by atoms with Crippen LogP contribution in [0.4, 0.5) is 4.39 Å². The molecule has 0 aliphatic heterocycles. The first-order valence-corrected chi connectivity index (χ1v) is 6.81. The third-order valence-corrected chi connectivity index (χ3v) is 3.13. The van der Waals surface area contributed by atoms with Crippen LogP contribution in [0.3, 0.4) is 0 Å². The van der Waals surface area contributed by atoms with E-state index in [0.29, 0.717) is 0 Å². The Hall–Kier alpha value is -0.600. The van der Waals surface area contributed by atoms with Gasteiger partial charge in [0, 0.05) is 18.5 Å². The minimum atomic E-state index is -0.181. The topological polar surface area (TPSA) is 12.0 Å². The molecule has 1 rings (SSSR count). The van der Waals surface area contributed by atoms with Crippen molar-refractivity contribution in [2.45, 2.75) is 46.0 Å². The second kappa shape index (κ2) is 6.53. The van der Waals surface area contributed by atoms with E-state index in [-0.39, 0.29) is 16.6 Å². The quantitative estimate of drug-likeness (QED) is 0.789. The Morgan fingerprint density at radius 1 is 1.33 bits per heavy atom. The normalized spacial score (nSPS) is 13.7. The third-order valence-electron chi connectivity index (χ3n) is 2.82. The smallest absolute Gasteiger partial charge is 0.123 e. The molecule has 0 radical (unpaired) electrons. The maximum absolute atomic E-state index is 12.9. The van der Waals surface area contributed by atoms with Crippen LogP contribution in [-0.4, -0.2) is 11.9 Å². The van der Waals surface area contributed by atoms with Crippen LogP contribution in [0.5, 0.6) is 0 Å². The molecule has 0 bridgehead atoms. The van der Waals surface area contributed by atoms with Crippen LogP contribution < -0.4 is 5.32 Å². The molecule has 0 heterocycles. The number of hydrogen-bond donors (Lipinski definition) is 1. The molecule has 1 N–H and O–H groups in total. The number of halogens is 2. The lowest BCUT2D eigenvalue weighted by atomic mass is 9.90. The summed E-state index contributed by atoms with van der Waals surface area (Å²) in [5.41, 5.74) is 2.35.